The smallest absolute Gasteiger partial charge is 0.266 e. The van der Waals surface area contributed by atoms with E-state index in [9.17, 15) is 9.90 Å². The Hall–Kier alpha value is -2.19. The Morgan fingerprint density at radius 3 is 2.60 bits per heavy atom. The quantitative estimate of drug-likeness (QED) is 0.464. The van der Waals surface area contributed by atoms with Crippen molar-refractivity contribution in [3.8, 4) is 5.69 Å². The molecule has 0 amide bonds. The number of aliphatic hydroxyl groups is 1. The number of thioether (sulfide) groups is 1. The molecule has 0 aliphatic carbocycles. The summed E-state index contributed by atoms with van der Waals surface area (Å²) >= 11 is 1.42. The van der Waals surface area contributed by atoms with Crippen LogP contribution in [-0.4, -0.2) is 64.3 Å². The molecule has 1 N–H and O–H groups in total. The summed E-state index contributed by atoms with van der Waals surface area (Å²) in [5.41, 5.74) is 2.60. The lowest BCUT2D eigenvalue weighted by Crippen LogP contribution is -2.41. The number of benzene rings is 2. The highest BCUT2D eigenvalue weighted by atomic mass is 32.2. The summed E-state index contributed by atoms with van der Waals surface area (Å²) in [6.45, 7) is 5.79. The van der Waals surface area contributed by atoms with Crippen LogP contribution < -0.4 is 5.56 Å². The maximum Gasteiger partial charge on any atom is 0.266 e. The molecule has 1 aliphatic heterocycles. The van der Waals surface area contributed by atoms with Crippen molar-refractivity contribution >= 4 is 22.7 Å². The van der Waals surface area contributed by atoms with Crippen LogP contribution in [0.15, 0.2) is 58.5 Å². The fourth-order valence-corrected chi connectivity index (χ4v) is 4.55. The summed E-state index contributed by atoms with van der Waals surface area (Å²) in [6, 6.07) is 15.4. The molecule has 0 saturated carbocycles. The van der Waals surface area contributed by atoms with Crippen molar-refractivity contribution in [2.45, 2.75) is 24.6 Å². The van der Waals surface area contributed by atoms with Gasteiger partial charge in [0.1, 0.15) is 0 Å². The number of aryl methyl sites for hydroxylation is 1. The van der Waals surface area contributed by atoms with Gasteiger partial charge in [0.15, 0.2) is 5.16 Å². The van der Waals surface area contributed by atoms with Gasteiger partial charge in [-0.2, -0.15) is 0 Å². The summed E-state index contributed by atoms with van der Waals surface area (Å²) in [7, 11) is 0. The normalized spacial score (nSPS) is 16.1. The highest BCUT2D eigenvalue weighted by molar-refractivity contribution is 7.99. The van der Waals surface area contributed by atoms with Crippen LogP contribution in [0.2, 0.25) is 0 Å². The topological polar surface area (TPSA) is 67.6 Å². The number of aromatic nitrogens is 2. The minimum absolute atomic E-state index is 0.0879. The maximum atomic E-state index is 13.3. The van der Waals surface area contributed by atoms with Gasteiger partial charge in [-0.15, -0.1) is 0 Å². The largest absolute Gasteiger partial charge is 0.391 e. The summed E-state index contributed by atoms with van der Waals surface area (Å²) in [5, 5.41) is 11.8. The molecule has 30 heavy (non-hydrogen) atoms. The first-order chi connectivity index (χ1) is 14.7. The molecular formula is C23H27N3O3S. The molecule has 2 aromatic carbocycles. The Bertz CT molecular complexity index is 1050. The standard InChI is InChI=1S/C23H27N3O3S/c1-2-17-7-9-18(10-8-17)26-22(28)20-5-3-4-6-21(20)24-23(26)30-16-19(27)15-25-11-13-29-14-12-25/h3-10,19,27H,2,11-16H2,1H3/t19-/m0/s1. The first kappa shape index (κ1) is 21.1. The van der Waals surface area contributed by atoms with Crippen LogP contribution in [-0.2, 0) is 11.2 Å². The molecule has 2 heterocycles. The van der Waals surface area contributed by atoms with Crippen LogP contribution in [0.1, 0.15) is 12.5 Å². The summed E-state index contributed by atoms with van der Waals surface area (Å²) in [4.78, 5) is 20.3. The van der Waals surface area contributed by atoms with Crippen molar-refractivity contribution in [1.82, 2.24) is 14.5 Å². The SMILES string of the molecule is CCc1ccc(-n2c(SC[C@@H](O)CN3CCOCC3)nc3ccccc3c2=O)cc1. The van der Waals surface area contributed by atoms with Gasteiger partial charge in [-0.05, 0) is 36.2 Å². The summed E-state index contributed by atoms with van der Waals surface area (Å²) in [6.07, 6.45) is 0.438. The second-order valence-corrected chi connectivity index (χ2v) is 8.44. The number of para-hydroxylation sites is 1. The molecular weight excluding hydrogens is 398 g/mol. The second-order valence-electron chi connectivity index (χ2n) is 7.45. The third-order valence-electron chi connectivity index (χ3n) is 5.33. The van der Waals surface area contributed by atoms with E-state index in [-0.39, 0.29) is 5.56 Å². The number of ether oxygens (including phenoxy) is 1. The van der Waals surface area contributed by atoms with Crippen molar-refractivity contribution in [3.63, 3.8) is 0 Å². The Morgan fingerprint density at radius 1 is 1.13 bits per heavy atom. The van der Waals surface area contributed by atoms with Gasteiger partial charge >= 0.3 is 0 Å². The van der Waals surface area contributed by atoms with E-state index < -0.39 is 6.10 Å². The highest BCUT2D eigenvalue weighted by Crippen LogP contribution is 2.22. The van der Waals surface area contributed by atoms with Gasteiger partial charge in [0.05, 0.1) is 35.9 Å². The molecule has 1 aromatic heterocycles. The van der Waals surface area contributed by atoms with Crippen molar-refractivity contribution in [2.75, 3.05) is 38.6 Å². The van der Waals surface area contributed by atoms with Crippen molar-refractivity contribution < 1.29 is 9.84 Å². The number of morpholine rings is 1. The van der Waals surface area contributed by atoms with Crippen LogP contribution in [0.25, 0.3) is 16.6 Å². The number of rotatable bonds is 7. The zero-order valence-corrected chi connectivity index (χ0v) is 18.0. The molecule has 0 radical (unpaired) electrons. The van der Waals surface area contributed by atoms with E-state index in [1.54, 1.807) is 4.57 Å². The molecule has 0 bridgehead atoms. The van der Waals surface area contributed by atoms with E-state index in [1.807, 2.05) is 48.5 Å². The lowest BCUT2D eigenvalue weighted by molar-refractivity contribution is 0.0188. The number of hydrogen-bond acceptors (Lipinski definition) is 6. The van der Waals surface area contributed by atoms with Crippen molar-refractivity contribution in [3.05, 3.63) is 64.4 Å². The van der Waals surface area contributed by atoms with Crippen molar-refractivity contribution in [1.29, 1.82) is 0 Å². The molecule has 1 fully saturated rings. The predicted molar refractivity (Wildman–Crippen MR) is 121 cm³/mol. The maximum absolute atomic E-state index is 13.3. The van der Waals surface area contributed by atoms with Gasteiger partial charge < -0.3 is 9.84 Å². The Morgan fingerprint density at radius 2 is 1.87 bits per heavy atom. The monoisotopic (exact) mass is 425 g/mol. The van der Waals surface area contributed by atoms with E-state index in [2.05, 4.69) is 11.8 Å². The number of aliphatic hydroxyl groups excluding tert-OH is 1. The molecule has 158 valence electrons. The van der Waals surface area contributed by atoms with E-state index in [0.29, 0.717) is 41.6 Å². The zero-order valence-electron chi connectivity index (χ0n) is 17.2. The number of fused-ring (bicyclic) bond motifs is 1. The third-order valence-corrected chi connectivity index (χ3v) is 6.41. The lowest BCUT2D eigenvalue weighted by atomic mass is 10.1. The fraction of sp³-hybridized carbons (Fsp3) is 0.391. The second kappa shape index (κ2) is 9.75. The molecule has 1 aliphatic rings. The molecule has 4 rings (SSSR count). The van der Waals surface area contributed by atoms with E-state index in [0.717, 1.165) is 25.2 Å². The summed E-state index contributed by atoms with van der Waals surface area (Å²) in [5.74, 6) is 0.467. The lowest BCUT2D eigenvalue weighted by Gasteiger charge is -2.28. The summed E-state index contributed by atoms with van der Waals surface area (Å²) < 4.78 is 7.03. The van der Waals surface area contributed by atoms with Gasteiger partial charge in [0.25, 0.3) is 5.56 Å². The Kier molecular flexibility index (Phi) is 6.84. The number of nitrogens with zero attached hydrogens (tertiary/aromatic N) is 3. The zero-order chi connectivity index (χ0) is 20.9. The van der Waals surface area contributed by atoms with Gasteiger partial charge in [0, 0.05) is 25.4 Å². The average Bonchev–Trinajstić information content (AvgIpc) is 2.79. The molecule has 0 spiro atoms. The average molecular weight is 426 g/mol. The number of hydrogen-bond donors (Lipinski definition) is 1. The van der Waals surface area contributed by atoms with Crippen LogP contribution in [0, 0.1) is 0 Å². The van der Waals surface area contributed by atoms with E-state index in [4.69, 9.17) is 9.72 Å². The third kappa shape index (κ3) is 4.75. The van der Waals surface area contributed by atoms with Crippen LogP contribution in [0.5, 0.6) is 0 Å². The van der Waals surface area contributed by atoms with Crippen molar-refractivity contribution in [2.24, 2.45) is 0 Å². The first-order valence-corrected chi connectivity index (χ1v) is 11.4. The van der Waals surface area contributed by atoms with E-state index in [1.165, 1.54) is 17.3 Å². The highest BCUT2D eigenvalue weighted by Gasteiger charge is 2.18. The van der Waals surface area contributed by atoms with Gasteiger partial charge in [0.2, 0.25) is 0 Å². The minimum atomic E-state index is -0.507. The minimum Gasteiger partial charge on any atom is -0.391 e. The van der Waals surface area contributed by atoms with Crippen LogP contribution >= 0.6 is 11.8 Å². The fourth-order valence-electron chi connectivity index (χ4n) is 3.62. The van der Waals surface area contributed by atoms with Gasteiger partial charge in [-0.1, -0.05) is 43.0 Å². The Labute approximate surface area is 180 Å². The van der Waals surface area contributed by atoms with Crippen LogP contribution in [0.3, 0.4) is 0 Å². The first-order valence-electron chi connectivity index (χ1n) is 10.4. The predicted octanol–water partition coefficient (Wildman–Crippen LogP) is 2.73. The Balaban J connectivity index is 1.62. The molecule has 3 aromatic rings. The number of β-amino-alcohol motifs (C(OH)–C–C–N with tert-alkyl or cyclic N) is 1. The molecule has 6 nitrogen and oxygen atoms in total. The van der Waals surface area contributed by atoms with E-state index >= 15 is 0 Å². The van der Waals surface area contributed by atoms with Crippen LogP contribution in [0.4, 0.5) is 0 Å². The molecule has 7 heteroatoms. The molecule has 1 atom stereocenters. The van der Waals surface area contributed by atoms with Gasteiger partial charge in [-0.3, -0.25) is 14.3 Å². The molecule has 0 unspecified atom stereocenters. The molecule has 1 saturated heterocycles. The van der Waals surface area contributed by atoms with Gasteiger partial charge in [-0.25, -0.2) is 4.98 Å².